The van der Waals surface area contributed by atoms with Crippen molar-refractivity contribution in [2.24, 2.45) is 10.8 Å². The van der Waals surface area contributed by atoms with Crippen molar-refractivity contribution in [2.45, 2.75) is 39.0 Å². The van der Waals surface area contributed by atoms with E-state index in [9.17, 15) is 4.79 Å². The minimum atomic E-state index is 0.0718. The molecule has 0 aromatic carbocycles. The minimum Gasteiger partial charge on any atom is -0.342 e. The Hall–Kier alpha value is -0.570. The molecule has 1 amide bonds. The van der Waals surface area contributed by atoms with Crippen molar-refractivity contribution in [1.29, 1.82) is 0 Å². The quantitative estimate of drug-likeness (QED) is 0.765. The zero-order chi connectivity index (χ0) is 11.2. The fourth-order valence-corrected chi connectivity index (χ4v) is 3.22. The van der Waals surface area contributed by atoms with Gasteiger partial charge in [0.25, 0.3) is 0 Å². The van der Waals surface area contributed by atoms with Gasteiger partial charge >= 0.3 is 0 Å². The zero-order valence-corrected chi connectivity index (χ0v) is 10.2. The number of carbonyl (C=O) groups excluding carboxylic acids is 1. The van der Waals surface area contributed by atoms with Crippen LogP contribution in [-0.4, -0.2) is 37.0 Å². The zero-order valence-electron chi connectivity index (χ0n) is 10.2. The van der Waals surface area contributed by atoms with E-state index in [1.165, 1.54) is 25.9 Å². The molecule has 3 rings (SSSR count). The van der Waals surface area contributed by atoms with Crippen LogP contribution in [0, 0.1) is 10.8 Å². The lowest BCUT2D eigenvalue weighted by atomic mass is 9.73. The van der Waals surface area contributed by atoms with E-state index < -0.39 is 0 Å². The lowest BCUT2D eigenvalue weighted by molar-refractivity contribution is -0.140. The van der Waals surface area contributed by atoms with Crippen LogP contribution >= 0.6 is 0 Å². The molecule has 1 saturated carbocycles. The first-order chi connectivity index (χ1) is 7.70. The van der Waals surface area contributed by atoms with Gasteiger partial charge in [0.2, 0.25) is 5.91 Å². The van der Waals surface area contributed by atoms with Crippen molar-refractivity contribution >= 4 is 5.91 Å². The van der Waals surface area contributed by atoms with Crippen LogP contribution in [-0.2, 0) is 4.79 Å². The Morgan fingerprint density at radius 3 is 2.19 bits per heavy atom. The molecule has 2 heterocycles. The summed E-state index contributed by atoms with van der Waals surface area (Å²) in [5, 5.41) is 3.37. The van der Waals surface area contributed by atoms with Crippen LogP contribution in [0.2, 0.25) is 0 Å². The molecule has 0 bridgehead atoms. The van der Waals surface area contributed by atoms with Crippen LogP contribution < -0.4 is 5.32 Å². The average molecular weight is 222 g/mol. The Kier molecular flexibility index (Phi) is 2.29. The van der Waals surface area contributed by atoms with E-state index >= 15 is 0 Å². The second-order valence-electron chi connectivity index (χ2n) is 6.03. The lowest BCUT2D eigenvalue weighted by Crippen LogP contribution is -2.59. The van der Waals surface area contributed by atoms with Gasteiger partial charge in [0.05, 0.1) is 0 Å². The maximum atomic E-state index is 12.3. The van der Waals surface area contributed by atoms with Crippen molar-refractivity contribution in [3.63, 3.8) is 0 Å². The highest BCUT2D eigenvalue weighted by Gasteiger charge is 2.51. The molecule has 3 heteroatoms. The van der Waals surface area contributed by atoms with E-state index in [0.717, 1.165) is 32.4 Å². The van der Waals surface area contributed by atoms with E-state index in [4.69, 9.17) is 0 Å². The molecule has 1 spiro atoms. The number of rotatable bonds is 2. The highest BCUT2D eigenvalue weighted by molar-refractivity contribution is 5.85. The van der Waals surface area contributed by atoms with Crippen LogP contribution in [0.3, 0.4) is 0 Å². The van der Waals surface area contributed by atoms with Crippen molar-refractivity contribution in [2.75, 3.05) is 26.2 Å². The Bertz CT molecular complexity index is 295. The van der Waals surface area contributed by atoms with Gasteiger partial charge in [0.15, 0.2) is 0 Å². The second kappa shape index (κ2) is 3.46. The van der Waals surface area contributed by atoms with Crippen LogP contribution in [0.4, 0.5) is 0 Å². The second-order valence-corrected chi connectivity index (χ2v) is 6.03. The summed E-state index contributed by atoms with van der Waals surface area (Å²) in [6.45, 7) is 6.51. The van der Waals surface area contributed by atoms with Crippen molar-refractivity contribution in [3.05, 3.63) is 0 Å². The van der Waals surface area contributed by atoms with Crippen molar-refractivity contribution in [1.82, 2.24) is 10.2 Å². The lowest BCUT2D eigenvalue weighted by Gasteiger charge is -2.48. The molecule has 3 aliphatic rings. The third-order valence-electron chi connectivity index (χ3n) is 5.10. The molecular weight excluding hydrogens is 200 g/mol. The standard InChI is InChI=1S/C13H22N2O/c1-2-13(3-4-13)11(16)15-7-5-12(6-8-15)9-14-10-12/h14H,2-10H2,1H3. The van der Waals surface area contributed by atoms with E-state index in [0.29, 0.717) is 11.3 Å². The average Bonchev–Trinajstić information content (AvgIpc) is 3.07. The molecule has 16 heavy (non-hydrogen) atoms. The number of likely N-dealkylation sites (tertiary alicyclic amines) is 1. The highest BCUT2D eigenvalue weighted by atomic mass is 16.2. The van der Waals surface area contributed by atoms with Crippen LogP contribution in [0.5, 0.6) is 0 Å². The number of amides is 1. The number of piperidine rings is 1. The molecule has 0 radical (unpaired) electrons. The fraction of sp³-hybridized carbons (Fsp3) is 0.923. The van der Waals surface area contributed by atoms with Gasteiger partial charge in [-0.1, -0.05) is 6.92 Å². The first-order valence-corrected chi connectivity index (χ1v) is 6.70. The summed E-state index contributed by atoms with van der Waals surface area (Å²) < 4.78 is 0. The summed E-state index contributed by atoms with van der Waals surface area (Å²) in [5.74, 6) is 0.456. The van der Waals surface area contributed by atoms with Gasteiger partial charge in [-0.15, -0.1) is 0 Å². The predicted octanol–water partition coefficient (Wildman–Crippen LogP) is 1.39. The Morgan fingerprint density at radius 1 is 1.19 bits per heavy atom. The number of nitrogens with one attached hydrogen (secondary N) is 1. The van der Waals surface area contributed by atoms with Crippen molar-refractivity contribution < 1.29 is 4.79 Å². The molecule has 0 aromatic heterocycles. The van der Waals surface area contributed by atoms with E-state index in [1.807, 2.05) is 0 Å². The van der Waals surface area contributed by atoms with E-state index in [1.54, 1.807) is 0 Å². The predicted molar refractivity (Wildman–Crippen MR) is 63.1 cm³/mol. The monoisotopic (exact) mass is 222 g/mol. The van der Waals surface area contributed by atoms with Crippen LogP contribution in [0.1, 0.15) is 39.0 Å². The van der Waals surface area contributed by atoms with E-state index in [2.05, 4.69) is 17.1 Å². The van der Waals surface area contributed by atoms with Gasteiger partial charge in [0.1, 0.15) is 0 Å². The van der Waals surface area contributed by atoms with E-state index in [-0.39, 0.29) is 5.41 Å². The fourth-order valence-electron chi connectivity index (χ4n) is 3.22. The Labute approximate surface area is 97.6 Å². The summed E-state index contributed by atoms with van der Waals surface area (Å²) in [6.07, 6.45) is 5.73. The largest absolute Gasteiger partial charge is 0.342 e. The number of carbonyl (C=O) groups is 1. The van der Waals surface area contributed by atoms with Gasteiger partial charge in [-0.3, -0.25) is 4.79 Å². The molecular formula is C13H22N2O. The summed E-state index contributed by atoms with van der Waals surface area (Å²) in [5.41, 5.74) is 0.627. The van der Waals surface area contributed by atoms with Crippen LogP contribution in [0.15, 0.2) is 0 Å². The van der Waals surface area contributed by atoms with Gasteiger partial charge in [-0.2, -0.15) is 0 Å². The summed E-state index contributed by atoms with van der Waals surface area (Å²) in [4.78, 5) is 14.5. The minimum absolute atomic E-state index is 0.0718. The normalized spacial score (nSPS) is 29.9. The SMILES string of the molecule is CCC1(C(=O)N2CCC3(CC2)CNC3)CC1. The molecule has 0 unspecified atom stereocenters. The number of hydrogen-bond acceptors (Lipinski definition) is 2. The molecule has 90 valence electrons. The summed E-state index contributed by atoms with van der Waals surface area (Å²) >= 11 is 0. The van der Waals surface area contributed by atoms with Crippen LogP contribution in [0.25, 0.3) is 0 Å². The first-order valence-electron chi connectivity index (χ1n) is 6.70. The van der Waals surface area contributed by atoms with Crippen molar-refractivity contribution in [3.8, 4) is 0 Å². The number of hydrogen-bond donors (Lipinski definition) is 1. The summed E-state index contributed by atoms with van der Waals surface area (Å²) in [7, 11) is 0. The molecule has 2 aliphatic heterocycles. The molecule has 3 nitrogen and oxygen atoms in total. The smallest absolute Gasteiger partial charge is 0.228 e. The molecule has 0 aromatic rings. The first kappa shape index (κ1) is 10.6. The topological polar surface area (TPSA) is 32.3 Å². The molecule has 0 atom stereocenters. The molecule has 1 aliphatic carbocycles. The maximum Gasteiger partial charge on any atom is 0.228 e. The third-order valence-corrected chi connectivity index (χ3v) is 5.10. The molecule has 1 N–H and O–H groups in total. The molecule has 3 fully saturated rings. The van der Waals surface area contributed by atoms with Gasteiger partial charge < -0.3 is 10.2 Å². The summed E-state index contributed by atoms with van der Waals surface area (Å²) in [6, 6.07) is 0. The molecule has 2 saturated heterocycles. The Balaban J connectivity index is 1.59. The van der Waals surface area contributed by atoms with Gasteiger partial charge in [0, 0.05) is 31.6 Å². The third kappa shape index (κ3) is 1.48. The Morgan fingerprint density at radius 2 is 1.81 bits per heavy atom. The number of nitrogens with zero attached hydrogens (tertiary/aromatic N) is 1. The van der Waals surface area contributed by atoms with Gasteiger partial charge in [-0.05, 0) is 37.5 Å². The highest BCUT2D eigenvalue weighted by Crippen LogP contribution is 2.50. The van der Waals surface area contributed by atoms with Gasteiger partial charge in [-0.25, -0.2) is 0 Å². The maximum absolute atomic E-state index is 12.3.